The van der Waals surface area contributed by atoms with Crippen molar-refractivity contribution in [3.63, 3.8) is 0 Å². The van der Waals surface area contributed by atoms with Crippen molar-refractivity contribution >= 4 is 11.8 Å². The molecule has 0 aromatic rings. The summed E-state index contributed by atoms with van der Waals surface area (Å²) in [6, 6.07) is 0. The van der Waals surface area contributed by atoms with Gasteiger partial charge in [0.05, 0.1) is 12.8 Å². The van der Waals surface area contributed by atoms with Crippen molar-refractivity contribution < 1.29 is 35.1 Å². The maximum Gasteiger partial charge on any atom is 0.367 e. The highest BCUT2D eigenvalue weighted by Crippen LogP contribution is 2.23. The number of carboxylic acid groups (broad SMARTS) is 1. The van der Waals surface area contributed by atoms with E-state index in [2.05, 4.69) is 0 Å². The molecule has 0 aliphatic rings. The summed E-state index contributed by atoms with van der Waals surface area (Å²) in [7, 11) is 0. The largest absolute Gasteiger partial charge is 0.477 e. The van der Waals surface area contributed by atoms with E-state index in [1.54, 1.807) is 0 Å². The molecule has 9 heteroatoms. The minimum Gasteiger partial charge on any atom is -0.477 e. The highest BCUT2D eigenvalue weighted by atomic mass is 16.6. The Balaban J connectivity index is 5.02. The van der Waals surface area contributed by atoms with Gasteiger partial charge in [0, 0.05) is 6.42 Å². The van der Waals surface area contributed by atoms with E-state index >= 15 is 0 Å². The molecule has 0 heterocycles. The maximum absolute atomic E-state index is 11.4. The standard InChI is InChI=1S/C8H16N2O7/c9-5(10)2-1-4(12)7(15,3-11)8(16,17)6(13)14/h5,11,15-17H,1-3,9-10H2,(H,13,14)/t7-/m0/s1. The van der Waals surface area contributed by atoms with Crippen molar-refractivity contribution in [2.24, 2.45) is 11.5 Å². The molecule has 9 nitrogen and oxygen atoms in total. The van der Waals surface area contributed by atoms with E-state index in [0.717, 1.165) is 0 Å². The molecule has 0 saturated heterocycles. The van der Waals surface area contributed by atoms with Gasteiger partial charge in [0.25, 0.3) is 0 Å². The number of aliphatic carboxylic acids is 1. The molecule has 9 N–H and O–H groups in total. The van der Waals surface area contributed by atoms with Crippen LogP contribution in [0.25, 0.3) is 0 Å². The summed E-state index contributed by atoms with van der Waals surface area (Å²) in [6.45, 7) is -1.47. The molecule has 0 fully saturated rings. The average molecular weight is 252 g/mol. The highest BCUT2D eigenvalue weighted by molar-refractivity contribution is 5.94. The number of aliphatic hydroxyl groups is 4. The van der Waals surface area contributed by atoms with Gasteiger partial charge < -0.3 is 37.0 Å². The molecule has 0 aromatic heterocycles. The van der Waals surface area contributed by atoms with Crippen molar-refractivity contribution in [2.45, 2.75) is 30.4 Å². The van der Waals surface area contributed by atoms with Crippen LogP contribution in [0.3, 0.4) is 0 Å². The van der Waals surface area contributed by atoms with E-state index in [0.29, 0.717) is 0 Å². The average Bonchev–Trinajstić information content (AvgIpc) is 2.23. The van der Waals surface area contributed by atoms with Crippen LogP contribution in [0.5, 0.6) is 0 Å². The molecule has 0 radical (unpaired) electrons. The maximum atomic E-state index is 11.4. The van der Waals surface area contributed by atoms with E-state index < -0.39 is 42.3 Å². The number of hydrogen-bond donors (Lipinski definition) is 7. The van der Waals surface area contributed by atoms with Gasteiger partial charge in [0.15, 0.2) is 5.78 Å². The number of nitrogens with two attached hydrogens (primary N) is 2. The summed E-state index contributed by atoms with van der Waals surface area (Å²) in [5, 5.41) is 45.0. The van der Waals surface area contributed by atoms with E-state index in [1.807, 2.05) is 0 Å². The summed E-state index contributed by atoms with van der Waals surface area (Å²) >= 11 is 0. The van der Waals surface area contributed by atoms with Gasteiger partial charge in [-0.2, -0.15) is 0 Å². The first-order valence-corrected chi connectivity index (χ1v) is 4.65. The van der Waals surface area contributed by atoms with Crippen LogP contribution in [-0.2, 0) is 9.59 Å². The van der Waals surface area contributed by atoms with E-state index in [1.165, 1.54) is 0 Å². The molecule has 0 unspecified atom stereocenters. The minimum atomic E-state index is -3.79. The Hall–Kier alpha value is -1.10. The number of carbonyl (C=O) groups is 2. The normalized spacial score (nSPS) is 15.7. The first kappa shape index (κ1) is 15.9. The second kappa shape index (κ2) is 5.49. The van der Waals surface area contributed by atoms with Crippen LogP contribution in [-0.4, -0.2) is 61.4 Å². The van der Waals surface area contributed by atoms with Gasteiger partial charge in [-0.3, -0.25) is 4.79 Å². The Bertz CT molecular complexity index is 304. The summed E-state index contributed by atoms with van der Waals surface area (Å²) < 4.78 is 0. The Kier molecular flexibility index (Phi) is 5.13. The molecule has 17 heavy (non-hydrogen) atoms. The molecule has 0 rings (SSSR count). The molecule has 0 spiro atoms. The second-order valence-corrected chi connectivity index (χ2v) is 3.62. The van der Waals surface area contributed by atoms with Crippen LogP contribution in [0.15, 0.2) is 0 Å². The first-order chi connectivity index (χ1) is 7.59. The fraction of sp³-hybridized carbons (Fsp3) is 0.750. The molecule has 0 bridgehead atoms. The SMILES string of the molecule is NC(N)CCC(=O)[C@@](O)(CO)C(O)(O)C(=O)O. The van der Waals surface area contributed by atoms with Gasteiger partial charge in [0.1, 0.15) is 0 Å². The van der Waals surface area contributed by atoms with E-state index in [9.17, 15) is 14.7 Å². The lowest BCUT2D eigenvalue weighted by Gasteiger charge is -2.33. The van der Waals surface area contributed by atoms with Gasteiger partial charge in [0.2, 0.25) is 5.60 Å². The van der Waals surface area contributed by atoms with Crippen molar-refractivity contribution in [3.8, 4) is 0 Å². The quantitative estimate of drug-likeness (QED) is 0.222. The summed E-state index contributed by atoms with van der Waals surface area (Å²) in [6.07, 6.45) is -1.51. The summed E-state index contributed by atoms with van der Waals surface area (Å²) in [5.41, 5.74) is 7.04. The zero-order valence-electron chi connectivity index (χ0n) is 8.91. The van der Waals surface area contributed by atoms with Crippen LogP contribution in [0, 0.1) is 0 Å². The number of rotatable bonds is 7. The van der Waals surface area contributed by atoms with Gasteiger partial charge in [-0.25, -0.2) is 4.79 Å². The van der Waals surface area contributed by atoms with Crippen molar-refractivity contribution in [3.05, 3.63) is 0 Å². The Morgan fingerprint density at radius 2 is 1.65 bits per heavy atom. The van der Waals surface area contributed by atoms with Crippen LogP contribution in [0.2, 0.25) is 0 Å². The van der Waals surface area contributed by atoms with Crippen LogP contribution >= 0.6 is 0 Å². The molecule has 1 atom stereocenters. The van der Waals surface area contributed by atoms with Gasteiger partial charge in [-0.05, 0) is 6.42 Å². The number of aliphatic hydroxyl groups excluding tert-OH is 1. The van der Waals surface area contributed by atoms with Crippen LogP contribution < -0.4 is 11.5 Å². The lowest BCUT2D eigenvalue weighted by Crippen LogP contribution is -2.66. The molecule has 100 valence electrons. The fourth-order valence-corrected chi connectivity index (χ4v) is 1.07. The van der Waals surface area contributed by atoms with E-state index in [-0.39, 0.29) is 6.42 Å². The van der Waals surface area contributed by atoms with Crippen molar-refractivity contribution in [1.82, 2.24) is 0 Å². The van der Waals surface area contributed by atoms with Crippen LogP contribution in [0.1, 0.15) is 12.8 Å². The first-order valence-electron chi connectivity index (χ1n) is 4.65. The topological polar surface area (TPSA) is 187 Å². The molecule has 0 saturated carbocycles. The third kappa shape index (κ3) is 3.19. The third-order valence-electron chi connectivity index (χ3n) is 2.27. The highest BCUT2D eigenvalue weighted by Gasteiger charge is 2.58. The van der Waals surface area contributed by atoms with Crippen molar-refractivity contribution in [2.75, 3.05) is 6.61 Å². The van der Waals surface area contributed by atoms with Crippen molar-refractivity contribution in [1.29, 1.82) is 0 Å². The van der Waals surface area contributed by atoms with Gasteiger partial charge in [-0.1, -0.05) is 0 Å². The summed E-state index contributed by atoms with van der Waals surface area (Å²) in [5.74, 6) is -7.34. The van der Waals surface area contributed by atoms with Crippen LogP contribution in [0.4, 0.5) is 0 Å². The number of carboxylic acids is 1. The number of ketones is 1. The Morgan fingerprint density at radius 3 is 1.94 bits per heavy atom. The smallest absolute Gasteiger partial charge is 0.367 e. The number of hydrogen-bond acceptors (Lipinski definition) is 8. The lowest BCUT2D eigenvalue weighted by molar-refractivity contribution is -0.271. The van der Waals surface area contributed by atoms with Gasteiger partial charge >= 0.3 is 11.8 Å². The molecule has 0 aliphatic heterocycles. The Labute approximate surface area is 96.3 Å². The molecule has 0 aliphatic carbocycles. The fourth-order valence-electron chi connectivity index (χ4n) is 1.07. The minimum absolute atomic E-state index is 0.114. The molecular weight excluding hydrogens is 236 g/mol. The summed E-state index contributed by atoms with van der Waals surface area (Å²) in [4.78, 5) is 21.9. The molecule has 0 amide bonds. The Morgan fingerprint density at radius 1 is 1.18 bits per heavy atom. The lowest BCUT2D eigenvalue weighted by atomic mass is 9.86. The van der Waals surface area contributed by atoms with Gasteiger partial charge in [-0.15, -0.1) is 0 Å². The molecule has 0 aromatic carbocycles. The monoisotopic (exact) mass is 252 g/mol. The number of Topliss-reactive ketones (excluding diaryl/α,β-unsaturated/α-hetero) is 1. The number of carbonyl (C=O) groups excluding carboxylic acids is 1. The zero-order valence-corrected chi connectivity index (χ0v) is 8.91. The predicted octanol–water partition coefficient (Wildman–Crippen LogP) is -3.93. The zero-order chi connectivity index (χ0) is 13.9. The van der Waals surface area contributed by atoms with E-state index in [4.69, 9.17) is 31.9 Å². The molecular formula is C8H16N2O7. The predicted molar refractivity (Wildman–Crippen MR) is 53.2 cm³/mol. The second-order valence-electron chi connectivity index (χ2n) is 3.62. The third-order valence-corrected chi connectivity index (χ3v) is 2.27.